The number of thiazole rings is 1. The van der Waals surface area contributed by atoms with Gasteiger partial charge < -0.3 is 5.32 Å². The standard InChI is InChI=1S/C10H16N4O2S2/c1-3-4-5-12-18(15,16)9-8(11-2)13-10-14(9)6-7-17-10/h6-7,11-12H,3-5H2,1-2H3. The molecule has 0 spiro atoms. The number of aromatic nitrogens is 2. The van der Waals surface area contributed by atoms with E-state index in [0.717, 1.165) is 12.8 Å². The van der Waals surface area contributed by atoms with E-state index in [1.807, 2.05) is 12.3 Å². The first-order valence-electron chi connectivity index (χ1n) is 5.73. The summed E-state index contributed by atoms with van der Waals surface area (Å²) < 4.78 is 28.7. The third-order valence-corrected chi connectivity index (χ3v) is 4.77. The predicted molar refractivity (Wildman–Crippen MR) is 72.7 cm³/mol. The van der Waals surface area contributed by atoms with Crippen molar-refractivity contribution in [2.24, 2.45) is 0 Å². The molecule has 8 heteroatoms. The van der Waals surface area contributed by atoms with Gasteiger partial charge in [0.25, 0.3) is 10.0 Å². The minimum absolute atomic E-state index is 0.178. The first-order chi connectivity index (χ1) is 8.60. The highest BCUT2D eigenvalue weighted by Crippen LogP contribution is 2.24. The fraction of sp³-hybridized carbons (Fsp3) is 0.500. The number of imidazole rings is 1. The van der Waals surface area contributed by atoms with E-state index in [1.165, 1.54) is 11.3 Å². The van der Waals surface area contributed by atoms with Crippen molar-refractivity contribution in [1.29, 1.82) is 0 Å². The molecular formula is C10H16N4O2S2. The second-order valence-corrected chi connectivity index (χ2v) is 6.38. The molecule has 2 N–H and O–H groups in total. The van der Waals surface area contributed by atoms with E-state index in [4.69, 9.17) is 0 Å². The molecule has 6 nitrogen and oxygen atoms in total. The van der Waals surface area contributed by atoms with Crippen molar-refractivity contribution >= 4 is 32.1 Å². The van der Waals surface area contributed by atoms with E-state index in [0.29, 0.717) is 17.3 Å². The van der Waals surface area contributed by atoms with Crippen molar-refractivity contribution in [1.82, 2.24) is 14.1 Å². The van der Waals surface area contributed by atoms with Gasteiger partial charge in [0.05, 0.1) is 0 Å². The van der Waals surface area contributed by atoms with Crippen LogP contribution in [0.2, 0.25) is 0 Å². The Morgan fingerprint density at radius 3 is 2.94 bits per heavy atom. The molecule has 2 aromatic heterocycles. The summed E-state index contributed by atoms with van der Waals surface area (Å²) in [5.74, 6) is 0.380. The Labute approximate surface area is 110 Å². The molecule has 0 aliphatic carbocycles. The van der Waals surface area contributed by atoms with Crippen LogP contribution < -0.4 is 10.0 Å². The first-order valence-corrected chi connectivity index (χ1v) is 8.09. The van der Waals surface area contributed by atoms with Gasteiger partial charge in [-0.2, -0.15) is 0 Å². The second kappa shape index (κ2) is 5.25. The van der Waals surface area contributed by atoms with Gasteiger partial charge >= 0.3 is 0 Å². The van der Waals surface area contributed by atoms with Crippen molar-refractivity contribution in [2.75, 3.05) is 18.9 Å². The molecule has 0 fully saturated rings. The van der Waals surface area contributed by atoms with Crippen molar-refractivity contribution < 1.29 is 8.42 Å². The van der Waals surface area contributed by atoms with E-state index in [-0.39, 0.29) is 5.03 Å². The zero-order valence-electron chi connectivity index (χ0n) is 10.3. The Morgan fingerprint density at radius 1 is 1.50 bits per heavy atom. The molecule has 0 saturated carbocycles. The Morgan fingerprint density at radius 2 is 2.28 bits per heavy atom. The maximum atomic E-state index is 12.3. The van der Waals surface area contributed by atoms with Crippen LogP contribution in [0.5, 0.6) is 0 Å². The van der Waals surface area contributed by atoms with Crippen LogP contribution in [0.15, 0.2) is 16.6 Å². The van der Waals surface area contributed by atoms with Gasteiger partial charge in [-0.05, 0) is 6.42 Å². The van der Waals surface area contributed by atoms with Crippen LogP contribution >= 0.6 is 11.3 Å². The molecule has 0 bridgehead atoms. The lowest BCUT2D eigenvalue weighted by Crippen LogP contribution is -2.26. The Bertz CT molecular complexity index is 629. The summed E-state index contributed by atoms with van der Waals surface area (Å²) >= 11 is 1.40. The van der Waals surface area contributed by atoms with Crippen LogP contribution in [0.1, 0.15) is 19.8 Å². The summed E-state index contributed by atoms with van der Waals surface area (Å²) in [6, 6.07) is 0. The van der Waals surface area contributed by atoms with E-state index < -0.39 is 10.0 Å². The van der Waals surface area contributed by atoms with Crippen LogP contribution in [0.4, 0.5) is 5.82 Å². The molecule has 0 aromatic carbocycles. The van der Waals surface area contributed by atoms with Crippen molar-refractivity contribution in [3.05, 3.63) is 11.6 Å². The number of fused-ring (bicyclic) bond motifs is 1. The SMILES string of the molecule is CCCCNS(=O)(=O)c1c(NC)nc2sccn12. The van der Waals surface area contributed by atoms with Gasteiger partial charge in [-0.1, -0.05) is 13.3 Å². The number of nitrogens with one attached hydrogen (secondary N) is 2. The van der Waals surface area contributed by atoms with Crippen LogP contribution in [0, 0.1) is 0 Å². The van der Waals surface area contributed by atoms with E-state index in [9.17, 15) is 8.42 Å². The molecule has 100 valence electrons. The monoisotopic (exact) mass is 288 g/mol. The summed E-state index contributed by atoms with van der Waals surface area (Å²) in [5.41, 5.74) is 0. The minimum atomic E-state index is -3.53. The molecule has 2 aromatic rings. The topological polar surface area (TPSA) is 75.5 Å². The Hall–Kier alpha value is -1.12. The third kappa shape index (κ3) is 2.36. The lowest BCUT2D eigenvalue weighted by Gasteiger charge is -2.06. The number of anilines is 1. The number of hydrogen-bond acceptors (Lipinski definition) is 5. The third-order valence-electron chi connectivity index (χ3n) is 2.53. The van der Waals surface area contributed by atoms with Gasteiger partial charge in [0.1, 0.15) is 0 Å². The average molecular weight is 288 g/mol. The van der Waals surface area contributed by atoms with Gasteiger partial charge in [0.15, 0.2) is 15.8 Å². The zero-order valence-corrected chi connectivity index (χ0v) is 11.9. The molecule has 18 heavy (non-hydrogen) atoms. The Kier molecular flexibility index (Phi) is 3.88. The first kappa shape index (κ1) is 13.3. The van der Waals surface area contributed by atoms with Gasteiger partial charge in [0, 0.05) is 25.2 Å². The highest BCUT2D eigenvalue weighted by atomic mass is 32.2. The average Bonchev–Trinajstić information content (AvgIpc) is 2.87. The predicted octanol–water partition coefficient (Wildman–Crippen LogP) is 1.52. The molecular weight excluding hydrogens is 272 g/mol. The molecule has 0 radical (unpaired) electrons. The van der Waals surface area contributed by atoms with E-state index >= 15 is 0 Å². The maximum Gasteiger partial charge on any atom is 0.260 e. The number of hydrogen-bond donors (Lipinski definition) is 2. The number of sulfonamides is 1. The fourth-order valence-corrected chi connectivity index (χ4v) is 3.77. The normalized spacial score (nSPS) is 12.1. The highest BCUT2D eigenvalue weighted by Gasteiger charge is 2.24. The molecule has 0 saturated heterocycles. The second-order valence-electron chi connectivity index (χ2n) is 3.82. The van der Waals surface area contributed by atoms with Crippen LogP contribution in [-0.2, 0) is 10.0 Å². The maximum absolute atomic E-state index is 12.3. The quantitative estimate of drug-likeness (QED) is 0.790. The lowest BCUT2D eigenvalue weighted by atomic mass is 10.3. The number of unbranched alkanes of at least 4 members (excludes halogenated alkanes) is 1. The number of rotatable bonds is 6. The van der Waals surface area contributed by atoms with Gasteiger partial charge in [-0.25, -0.2) is 18.1 Å². The lowest BCUT2D eigenvalue weighted by molar-refractivity contribution is 0.574. The van der Waals surface area contributed by atoms with Crippen LogP contribution in [0.25, 0.3) is 4.96 Å². The molecule has 0 aliphatic heterocycles. The molecule has 0 atom stereocenters. The minimum Gasteiger partial charge on any atom is -0.371 e. The van der Waals surface area contributed by atoms with E-state index in [1.54, 1.807) is 17.6 Å². The summed E-state index contributed by atoms with van der Waals surface area (Å²) in [4.78, 5) is 4.90. The van der Waals surface area contributed by atoms with Crippen LogP contribution in [0.3, 0.4) is 0 Å². The zero-order chi connectivity index (χ0) is 13.2. The Balaban J connectivity index is 2.41. The van der Waals surface area contributed by atoms with E-state index in [2.05, 4.69) is 15.0 Å². The van der Waals surface area contributed by atoms with Crippen LogP contribution in [-0.4, -0.2) is 31.4 Å². The summed E-state index contributed by atoms with van der Waals surface area (Å²) in [7, 11) is -1.87. The fourth-order valence-electron chi connectivity index (χ4n) is 1.64. The van der Waals surface area contributed by atoms with Gasteiger partial charge in [0.2, 0.25) is 0 Å². The molecule has 0 unspecified atom stereocenters. The van der Waals surface area contributed by atoms with Crippen molar-refractivity contribution in [2.45, 2.75) is 24.8 Å². The molecule has 0 amide bonds. The van der Waals surface area contributed by atoms with Crippen molar-refractivity contribution in [3.8, 4) is 0 Å². The number of nitrogens with zero attached hydrogens (tertiary/aromatic N) is 2. The van der Waals surface area contributed by atoms with Gasteiger partial charge in [-0.15, -0.1) is 11.3 Å². The molecule has 0 aliphatic rings. The smallest absolute Gasteiger partial charge is 0.260 e. The van der Waals surface area contributed by atoms with Gasteiger partial charge in [-0.3, -0.25) is 4.40 Å². The highest BCUT2D eigenvalue weighted by molar-refractivity contribution is 7.89. The summed E-state index contributed by atoms with van der Waals surface area (Å²) in [5, 5.41) is 4.81. The summed E-state index contributed by atoms with van der Waals surface area (Å²) in [6.45, 7) is 2.46. The largest absolute Gasteiger partial charge is 0.371 e. The van der Waals surface area contributed by atoms with Crippen molar-refractivity contribution in [3.63, 3.8) is 0 Å². The molecule has 2 rings (SSSR count). The summed E-state index contributed by atoms with van der Waals surface area (Å²) in [6.07, 6.45) is 3.48. The molecule has 2 heterocycles.